The highest BCUT2D eigenvalue weighted by Gasteiger charge is 2.34. The van der Waals surface area contributed by atoms with E-state index in [9.17, 15) is 37.4 Å². The molecule has 2 unspecified atom stereocenters. The molecular formula is C60H76Cl4F4N10O5. The highest BCUT2D eigenvalue weighted by Crippen LogP contribution is 2.41. The number of aromatic carboxylic acids is 2. The molecule has 4 aliphatic rings. The Morgan fingerprint density at radius 1 is 0.530 bits per heavy atom. The van der Waals surface area contributed by atoms with Gasteiger partial charge in [0.25, 0.3) is 12.9 Å². The molecule has 15 nitrogen and oxygen atoms in total. The van der Waals surface area contributed by atoms with Gasteiger partial charge < -0.3 is 35.3 Å². The molecule has 0 bridgehead atoms. The lowest BCUT2D eigenvalue weighted by Crippen LogP contribution is -2.47. The van der Waals surface area contributed by atoms with Gasteiger partial charge >= 0.3 is 11.9 Å². The van der Waals surface area contributed by atoms with Crippen molar-refractivity contribution in [1.82, 2.24) is 29.4 Å². The molecule has 10 rings (SSSR count). The summed E-state index contributed by atoms with van der Waals surface area (Å²) in [7, 11) is 0. The number of hydrogen-bond donors (Lipinski definition) is 2. The first kappa shape index (κ1) is 66.3. The summed E-state index contributed by atoms with van der Waals surface area (Å²) in [5.74, 6) is -1.45. The summed E-state index contributed by atoms with van der Waals surface area (Å²) < 4.78 is 57.9. The van der Waals surface area contributed by atoms with Gasteiger partial charge in [-0.3, -0.25) is 19.2 Å². The number of anilines is 4. The number of hydrogen-bond acceptors (Lipinski definition) is 10. The Morgan fingerprint density at radius 2 is 0.880 bits per heavy atom. The van der Waals surface area contributed by atoms with Crippen LogP contribution in [0.1, 0.15) is 110 Å². The molecule has 452 valence electrons. The maximum absolute atomic E-state index is 13.9. The van der Waals surface area contributed by atoms with Crippen LogP contribution in [0, 0.1) is 11.8 Å². The van der Waals surface area contributed by atoms with Gasteiger partial charge in [-0.15, -0.1) is 24.8 Å². The second-order valence-corrected chi connectivity index (χ2v) is 23.1. The Labute approximate surface area is 505 Å². The highest BCUT2D eigenvalue weighted by molar-refractivity contribution is 6.31. The molecule has 4 saturated heterocycles. The highest BCUT2D eigenvalue weighted by atomic mass is 35.5. The lowest BCUT2D eigenvalue weighted by atomic mass is 9.99. The molecule has 2 aromatic heterocycles. The molecule has 0 saturated carbocycles. The molecule has 83 heavy (non-hydrogen) atoms. The van der Waals surface area contributed by atoms with E-state index in [0.717, 1.165) is 137 Å². The van der Waals surface area contributed by atoms with Gasteiger partial charge in [0, 0.05) is 136 Å². The first-order valence-corrected chi connectivity index (χ1v) is 28.6. The molecule has 4 aliphatic heterocycles. The molecule has 4 aromatic carbocycles. The van der Waals surface area contributed by atoms with Gasteiger partial charge in [-0.25, -0.2) is 27.2 Å². The number of aromatic nitrogens is 4. The van der Waals surface area contributed by atoms with Crippen LogP contribution in [0.25, 0.3) is 22.3 Å². The van der Waals surface area contributed by atoms with Gasteiger partial charge in [-0.05, 0) is 97.2 Å². The number of carbonyl (C=O) groups is 2. The Bertz CT molecular complexity index is 2860. The lowest BCUT2D eigenvalue weighted by molar-refractivity contribution is 0.0672. The number of halogens is 8. The zero-order chi connectivity index (χ0) is 56.8. The molecular weight excluding hydrogens is 1160 g/mol. The fourth-order valence-electron chi connectivity index (χ4n) is 12.0. The van der Waals surface area contributed by atoms with Gasteiger partial charge in [0.1, 0.15) is 22.5 Å². The first-order chi connectivity index (χ1) is 38.4. The minimum atomic E-state index is -2.93. The first-order valence-electron chi connectivity index (χ1n) is 27.8. The third-order valence-corrected chi connectivity index (χ3v) is 16.2. The number of benzene rings is 4. The van der Waals surface area contributed by atoms with E-state index in [1.54, 1.807) is 0 Å². The summed E-state index contributed by atoms with van der Waals surface area (Å²) in [4.78, 5) is 37.2. The molecule has 0 amide bonds. The van der Waals surface area contributed by atoms with E-state index >= 15 is 0 Å². The van der Waals surface area contributed by atoms with E-state index in [1.807, 2.05) is 36.4 Å². The van der Waals surface area contributed by atoms with Crippen molar-refractivity contribution in [2.45, 2.75) is 78.3 Å². The summed E-state index contributed by atoms with van der Waals surface area (Å²) in [5, 5.41) is 28.1. The predicted octanol–water partition coefficient (Wildman–Crippen LogP) is 12.9. The third-order valence-electron chi connectivity index (χ3n) is 15.7. The minimum Gasteiger partial charge on any atom is -0.478 e. The molecule has 0 radical (unpaired) electrons. The van der Waals surface area contributed by atoms with Gasteiger partial charge in [0.15, 0.2) is 0 Å². The lowest BCUT2D eigenvalue weighted by Gasteiger charge is -2.37. The quantitative estimate of drug-likeness (QED) is 0.0884. The normalized spacial score (nSPS) is 18.0. The Kier molecular flexibility index (Phi) is 23.8. The summed E-state index contributed by atoms with van der Waals surface area (Å²) in [5.41, 5.74) is 6.42. The Balaban J connectivity index is 0.000000257. The van der Waals surface area contributed by atoms with Crippen molar-refractivity contribution in [3.63, 3.8) is 0 Å². The second-order valence-electron chi connectivity index (χ2n) is 22.3. The van der Waals surface area contributed by atoms with Crippen molar-refractivity contribution in [3.8, 4) is 22.3 Å². The van der Waals surface area contributed by atoms with E-state index in [1.165, 1.54) is 20.7 Å². The van der Waals surface area contributed by atoms with E-state index < -0.39 is 47.3 Å². The van der Waals surface area contributed by atoms with Crippen LogP contribution in [0.3, 0.4) is 0 Å². The number of piperazine rings is 2. The van der Waals surface area contributed by atoms with E-state index in [0.29, 0.717) is 47.8 Å². The van der Waals surface area contributed by atoms with Crippen LogP contribution in [-0.4, -0.2) is 149 Å². The zero-order valence-corrected chi connectivity index (χ0v) is 50.3. The van der Waals surface area contributed by atoms with E-state index in [4.69, 9.17) is 23.2 Å². The molecule has 0 aliphatic carbocycles. The standard InChI is InChI=1S/2C30H36ClF2N5O2.2ClH.H2O/c2*1-20(2)18-35-12-14-36(15-13-35)23-8-5-21(6-9-23)25-10-7-22(31)16-27(25)37-11-3-4-24(19-37)38-28(29(32)33)26(17-34-38)30(39)40;;;/h2*5-10,16-17,20,24,29H,3-4,11-15,18-19H2,1-2H3,(H,39,40);2*1H;1H2. The minimum absolute atomic E-state index is 0. The van der Waals surface area contributed by atoms with Gasteiger partial charge in [-0.1, -0.05) is 87.3 Å². The molecule has 4 N–H and O–H groups in total. The maximum Gasteiger partial charge on any atom is 0.339 e. The van der Waals surface area contributed by atoms with Crippen LogP contribution in [0.5, 0.6) is 0 Å². The molecule has 2 atom stereocenters. The Morgan fingerprint density at radius 3 is 1.19 bits per heavy atom. The van der Waals surface area contributed by atoms with Crippen LogP contribution in [0.15, 0.2) is 97.3 Å². The van der Waals surface area contributed by atoms with E-state index in [2.05, 4.69) is 116 Å². The van der Waals surface area contributed by atoms with Crippen LogP contribution in [0.2, 0.25) is 10.0 Å². The number of rotatable bonds is 16. The Hall–Kier alpha value is -5.80. The molecule has 23 heteroatoms. The number of carboxylic acid groups (broad SMARTS) is 2. The predicted molar refractivity (Wildman–Crippen MR) is 328 cm³/mol. The van der Waals surface area contributed by atoms with Crippen molar-refractivity contribution in [2.24, 2.45) is 11.8 Å². The average molecular weight is 1240 g/mol. The molecule has 4 fully saturated rings. The average Bonchev–Trinajstić information content (AvgIpc) is 4.36. The number of alkyl halides is 4. The third kappa shape index (κ3) is 15.9. The summed E-state index contributed by atoms with van der Waals surface area (Å²) >= 11 is 12.9. The second kappa shape index (κ2) is 29.8. The number of carboxylic acids is 2. The van der Waals surface area contributed by atoms with Crippen molar-refractivity contribution in [2.75, 3.05) is 111 Å². The maximum atomic E-state index is 13.9. The molecule has 0 spiro atoms. The summed E-state index contributed by atoms with van der Waals surface area (Å²) in [6, 6.07) is 28.0. The largest absolute Gasteiger partial charge is 0.478 e. The van der Waals surface area contributed by atoms with Gasteiger partial charge in [0.05, 0.1) is 24.5 Å². The zero-order valence-electron chi connectivity index (χ0n) is 47.2. The number of nitrogens with zero attached hydrogens (tertiary/aromatic N) is 10. The van der Waals surface area contributed by atoms with Crippen molar-refractivity contribution in [1.29, 1.82) is 0 Å². The van der Waals surface area contributed by atoms with Crippen molar-refractivity contribution >= 4 is 82.7 Å². The fraction of sp³-hybridized carbons (Fsp3) is 0.467. The molecule has 6 heterocycles. The van der Waals surface area contributed by atoms with Crippen molar-refractivity contribution in [3.05, 3.63) is 130 Å². The monoisotopic (exact) mass is 1230 g/mol. The van der Waals surface area contributed by atoms with Crippen LogP contribution >= 0.6 is 48.0 Å². The summed E-state index contributed by atoms with van der Waals surface area (Å²) in [6.45, 7) is 21.9. The van der Waals surface area contributed by atoms with Crippen LogP contribution < -0.4 is 19.6 Å². The topological polar surface area (TPSA) is 161 Å². The summed E-state index contributed by atoms with van der Waals surface area (Å²) in [6.07, 6.45) is -1.03. The van der Waals surface area contributed by atoms with Crippen molar-refractivity contribution < 1.29 is 42.8 Å². The number of piperidine rings is 2. The van der Waals surface area contributed by atoms with Crippen LogP contribution in [0.4, 0.5) is 40.3 Å². The van der Waals surface area contributed by atoms with Crippen LogP contribution in [-0.2, 0) is 0 Å². The van der Waals surface area contributed by atoms with Gasteiger partial charge in [0.2, 0.25) is 0 Å². The SMILES string of the molecule is CC(C)CN1CCN(c2ccc(-c3ccc(Cl)cc3N3CCCC(n4ncc(C(=O)O)c4C(F)F)C3)cc2)CC1.CC(C)CN1CCN(c2ccc(-c3ccc(Cl)cc3N3CCCC(n4ncc(C(=O)O)c4C(F)F)C3)cc2)CC1.Cl.Cl.O. The van der Waals surface area contributed by atoms with Gasteiger partial charge in [-0.2, -0.15) is 10.2 Å². The van der Waals surface area contributed by atoms with E-state index in [-0.39, 0.29) is 42.4 Å². The molecule has 6 aromatic rings. The smallest absolute Gasteiger partial charge is 0.339 e. The fourth-order valence-corrected chi connectivity index (χ4v) is 12.3.